The van der Waals surface area contributed by atoms with E-state index in [4.69, 9.17) is 11.6 Å². The summed E-state index contributed by atoms with van der Waals surface area (Å²) in [4.78, 5) is 0. The molecule has 72 valence electrons. The van der Waals surface area contributed by atoms with Crippen LogP contribution >= 0.6 is 11.6 Å². The van der Waals surface area contributed by atoms with E-state index in [0.29, 0.717) is 16.5 Å². The van der Waals surface area contributed by atoms with Crippen molar-refractivity contribution in [1.82, 2.24) is 0 Å². The Balaban J connectivity index is 3.11. The maximum atomic E-state index is 13.1. The van der Waals surface area contributed by atoms with Crippen molar-refractivity contribution >= 4 is 11.6 Å². The Labute approximate surface area is 83.7 Å². The molecule has 0 spiro atoms. The monoisotopic (exact) mass is 200 g/mol. The van der Waals surface area contributed by atoms with E-state index in [-0.39, 0.29) is 0 Å². The molecule has 0 fully saturated rings. The number of rotatable bonds is 2. The van der Waals surface area contributed by atoms with E-state index in [9.17, 15) is 4.39 Å². The highest BCUT2D eigenvalue weighted by Gasteiger charge is 2.09. The van der Waals surface area contributed by atoms with Crippen molar-refractivity contribution in [3.05, 3.63) is 34.3 Å². The molecule has 1 rings (SSSR count). The Bertz CT molecular complexity index is 292. The summed E-state index contributed by atoms with van der Waals surface area (Å²) in [6.07, 6.45) is -0.994. The topological polar surface area (TPSA) is 0 Å². The lowest BCUT2D eigenvalue weighted by atomic mass is 9.99. The van der Waals surface area contributed by atoms with Gasteiger partial charge in [0.15, 0.2) is 0 Å². The molecule has 0 nitrogen and oxygen atoms in total. The quantitative estimate of drug-likeness (QED) is 0.660. The van der Waals surface area contributed by atoms with Gasteiger partial charge in [0.05, 0.1) is 0 Å². The van der Waals surface area contributed by atoms with Crippen LogP contribution in [-0.2, 0) is 0 Å². The summed E-state index contributed by atoms with van der Waals surface area (Å²) < 4.78 is 13.1. The van der Waals surface area contributed by atoms with Crippen LogP contribution in [0, 0.1) is 0 Å². The van der Waals surface area contributed by atoms with Crippen molar-refractivity contribution in [3.8, 4) is 0 Å². The lowest BCUT2D eigenvalue weighted by molar-refractivity contribution is 0.374. The van der Waals surface area contributed by atoms with E-state index < -0.39 is 6.17 Å². The van der Waals surface area contributed by atoms with Gasteiger partial charge >= 0.3 is 0 Å². The zero-order valence-electron chi connectivity index (χ0n) is 8.14. The fourth-order valence-electron chi connectivity index (χ4n) is 1.23. The summed E-state index contributed by atoms with van der Waals surface area (Å²) in [5.74, 6) is 0.412. The predicted molar refractivity (Wildman–Crippen MR) is 55.1 cm³/mol. The second kappa shape index (κ2) is 4.10. The van der Waals surface area contributed by atoms with Crippen molar-refractivity contribution in [2.24, 2.45) is 0 Å². The predicted octanol–water partition coefficient (Wildman–Crippen LogP) is 4.49. The Morgan fingerprint density at radius 3 is 2.31 bits per heavy atom. The average Bonchev–Trinajstić information content (AvgIpc) is 2.04. The van der Waals surface area contributed by atoms with E-state index in [1.54, 1.807) is 6.07 Å². The van der Waals surface area contributed by atoms with Gasteiger partial charge in [0.1, 0.15) is 6.17 Å². The first-order valence-corrected chi connectivity index (χ1v) is 4.83. The standard InChI is InChI=1S/C11H14ClF/c1-7(2)9-4-5-11(12)10(6-9)8(3)13/h4-8H,1-3H3. The molecule has 0 aliphatic carbocycles. The second-order valence-corrected chi connectivity index (χ2v) is 3.96. The highest BCUT2D eigenvalue weighted by atomic mass is 35.5. The second-order valence-electron chi connectivity index (χ2n) is 3.55. The minimum Gasteiger partial charge on any atom is -0.243 e. The minimum atomic E-state index is -0.994. The molecule has 0 N–H and O–H groups in total. The molecule has 0 heterocycles. The van der Waals surface area contributed by atoms with Crippen LogP contribution in [0.5, 0.6) is 0 Å². The molecule has 0 saturated heterocycles. The van der Waals surface area contributed by atoms with Crippen molar-refractivity contribution in [2.45, 2.75) is 32.9 Å². The number of hydrogen-bond donors (Lipinski definition) is 0. The first-order valence-electron chi connectivity index (χ1n) is 4.45. The van der Waals surface area contributed by atoms with Gasteiger partial charge in [-0.15, -0.1) is 0 Å². The molecule has 2 heteroatoms. The highest BCUT2D eigenvalue weighted by molar-refractivity contribution is 6.31. The maximum Gasteiger partial charge on any atom is 0.124 e. The molecule has 0 saturated carbocycles. The van der Waals surface area contributed by atoms with E-state index in [0.717, 1.165) is 5.56 Å². The van der Waals surface area contributed by atoms with Gasteiger partial charge in [-0.25, -0.2) is 4.39 Å². The van der Waals surface area contributed by atoms with E-state index in [2.05, 4.69) is 13.8 Å². The number of alkyl halides is 1. The lowest BCUT2D eigenvalue weighted by Gasteiger charge is -2.10. The van der Waals surface area contributed by atoms with E-state index >= 15 is 0 Å². The van der Waals surface area contributed by atoms with Crippen LogP contribution in [-0.4, -0.2) is 0 Å². The zero-order chi connectivity index (χ0) is 10.0. The van der Waals surface area contributed by atoms with Gasteiger partial charge in [0.25, 0.3) is 0 Å². The number of halogens is 2. The minimum absolute atomic E-state index is 0.412. The Hall–Kier alpha value is -0.560. The molecule has 1 aromatic rings. The largest absolute Gasteiger partial charge is 0.243 e. The summed E-state index contributed by atoms with van der Waals surface area (Å²) >= 11 is 5.86. The van der Waals surface area contributed by atoms with Gasteiger partial charge in [0, 0.05) is 10.6 Å². The Morgan fingerprint density at radius 1 is 1.23 bits per heavy atom. The lowest BCUT2D eigenvalue weighted by Crippen LogP contribution is -1.92. The fraction of sp³-hybridized carbons (Fsp3) is 0.455. The molecule has 1 aromatic carbocycles. The van der Waals surface area contributed by atoms with E-state index in [1.165, 1.54) is 6.92 Å². The Kier molecular flexibility index (Phi) is 3.32. The maximum absolute atomic E-state index is 13.1. The van der Waals surface area contributed by atoms with Crippen molar-refractivity contribution < 1.29 is 4.39 Å². The molecular formula is C11H14ClF. The summed E-state index contributed by atoms with van der Waals surface area (Å²) in [6.45, 7) is 5.66. The average molecular weight is 201 g/mol. The van der Waals surface area contributed by atoms with Crippen LogP contribution in [0.1, 0.15) is 44.0 Å². The first-order chi connectivity index (χ1) is 6.02. The fourth-order valence-corrected chi connectivity index (χ4v) is 1.49. The first kappa shape index (κ1) is 10.5. The molecule has 0 aromatic heterocycles. The third kappa shape index (κ3) is 2.44. The van der Waals surface area contributed by atoms with Crippen LogP contribution in [0.2, 0.25) is 5.02 Å². The van der Waals surface area contributed by atoms with Gasteiger partial charge in [-0.1, -0.05) is 37.6 Å². The van der Waals surface area contributed by atoms with Crippen molar-refractivity contribution in [1.29, 1.82) is 0 Å². The van der Waals surface area contributed by atoms with Crippen molar-refractivity contribution in [2.75, 3.05) is 0 Å². The van der Waals surface area contributed by atoms with Crippen LogP contribution in [0.25, 0.3) is 0 Å². The smallest absolute Gasteiger partial charge is 0.124 e. The highest BCUT2D eigenvalue weighted by Crippen LogP contribution is 2.28. The SMILES string of the molecule is CC(C)c1ccc(Cl)c(C(C)F)c1. The van der Waals surface area contributed by atoms with Gasteiger partial charge in [0.2, 0.25) is 0 Å². The molecule has 1 atom stereocenters. The van der Waals surface area contributed by atoms with Crippen LogP contribution in [0.15, 0.2) is 18.2 Å². The van der Waals surface area contributed by atoms with Gasteiger partial charge in [-0.3, -0.25) is 0 Å². The molecule has 0 aliphatic rings. The van der Waals surface area contributed by atoms with Gasteiger partial charge < -0.3 is 0 Å². The summed E-state index contributed by atoms with van der Waals surface area (Å²) in [6, 6.07) is 5.55. The zero-order valence-corrected chi connectivity index (χ0v) is 8.90. The van der Waals surface area contributed by atoms with Crippen LogP contribution in [0.3, 0.4) is 0 Å². The van der Waals surface area contributed by atoms with E-state index in [1.807, 2.05) is 12.1 Å². The molecule has 0 bridgehead atoms. The molecular weight excluding hydrogens is 187 g/mol. The Morgan fingerprint density at radius 2 is 1.85 bits per heavy atom. The molecule has 0 aliphatic heterocycles. The summed E-state index contributed by atoms with van der Waals surface area (Å²) in [5, 5.41) is 0.513. The van der Waals surface area contributed by atoms with Gasteiger partial charge in [-0.2, -0.15) is 0 Å². The van der Waals surface area contributed by atoms with Crippen molar-refractivity contribution in [3.63, 3.8) is 0 Å². The van der Waals surface area contributed by atoms with Gasteiger partial charge in [-0.05, 0) is 24.5 Å². The van der Waals surface area contributed by atoms with Crippen LogP contribution in [0.4, 0.5) is 4.39 Å². The third-order valence-electron chi connectivity index (χ3n) is 2.12. The summed E-state index contributed by atoms with van der Waals surface area (Å²) in [5.41, 5.74) is 1.72. The molecule has 1 unspecified atom stereocenters. The summed E-state index contributed by atoms with van der Waals surface area (Å²) in [7, 11) is 0. The molecule has 0 amide bonds. The normalized spacial score (nSPS) is 13.4. The number of hydrogen-bond acceptors (Lipinski definition) is 0. The molecule has 0 radical (unpaired) electrons. The van der Waals surface area contributed by atoms with Crippen LogP contribution < -0.4 is 0 Å². The number of benzene rings is 1. The molecule has 13 heavy (non-hydrogen) atoms. The third-order valence-corrected chi connectivity index (χ3v) is 2.46.